The summed E-state index contributed by atoms with van der Waals surface area (Å²) < 4.78 is 5.57. The van der Waals surface area contributed by atoms with Crippen LogP contribution in [0.1, 0.15) is 18.2 Å². The monoisotopic (exact) mass is 355 g/mol. The minimum absolute atomic E-state index is 0.0652. The van der Waals surface area contributed by atoms with Gasteiger partial charge in [-0.1, -0.05) is 0 Å². The van der Waals surface area contributed by atoms with Crippen molar-refractivity contribution in [3.8, 4) is 11.4 Å². The van der Waals surface area contributed by atoms with Crippen molar-refractivity contribution in [1.29, 1.82) is 0 Å². The molecule has 2 aromatic rings. The zero-order valence-electron chi connectivity index (χ0n) is 14.6. The molecule has 1 saturated heterocycles. The summed E-state index contributed by atoms with van der Waals surface area (Å²) in [6.45, 7) is 5.94. The van der Waals surface area contributed by atoms with E-state index in [9.17, 15) is 10.1 Å². The van der Waals surface area contributed by atoms with Gasteiger partial charge in [-0.3, -0.25) is 10.1 Å². The predicted molar refractivity (Wildman–Crippen MR) is 97.2 cm³/mol. The summed E-state index contributed by atoms with van der Waals surface area (Å²) in [5.41, 5.74) is 3.05. The second kappa shape index (κ2) is 6.97. The van der Waals surface area contributed by atoms with Crippen LogP contribution in [0.25, 0.3) is 11.4 Å². The number of morpholine rings is 1. The first-order valence-electron chi connectivity index (χ1n) is 8.83. The Morgan fingerprint density at radius 2 is 2.12 bits per heavy atom. The molecule has 0 saturated carbocycles. The van der Waals surface area contributed by atoms with E-state index in [1.54, 1.807) is 12.1 Å². The van der Waals surface area contributed by atoms with Gasteiger partial charge in [-0.15, -0.1) is 0 Å². The number of hydrogen-bond acceptors (Lipinski definition) is 7. The molecule has 2 aliphatic heterocycles. The number of fused-ring (bicyclic) bond motifs is 1. The number of aromatic nitrogens is 2. The topological polar surface area (TPSA) is 93.4 Å². The van der Waals surface area contributed by atoms with Crippen molar-refractivity contribution in [3.05, 3.63) is 45.6 Å². The van der Waals surface area contributed by atoms with E-state index >= 15 is 0 Å². The summed E-state index contributed by atoms with van der Waals surface area (Å²) in [5.74, 6) is 1.58. The van der Waals surface area contributed by atoms with Crippen LogP contribution in [-0.2, 0) is 17.7 Å². The molecule has 1 aromatic heterocycles. The molecule has 0 radical (unpaired) electrons. The smallest absolute Gasteiger partial charge is 0.269 e. The molecule has 8 nitrogen and oxygen atoms in total. The molecule has 2 aliphatic rings. The Balaban J connectivity index is 1.78. The number of ether oxygens (including phenoxy) is 1. The Labute approximate surface area is 151 Å². The second-order valence-corrected chi connectivity index (χ2v) is 6.64. The Morgan fingerprint density at radius 3 is 2.85 bits per heavy atom. The normalized spacial score (nSPS) is 19.9. The van der Waals surface area contributed by atoms with Crippen molar-refractivity contribution in [2.24, 2.45) is 0 Å². The minimum atomic E-state index is -0.401. The van der Waals surface area contributed by atoms with Crippen LogP contribution in [0.2, 0.25) is 0 Å². The van der Waals surface area contributed by atoms with Gasteiger partial charge in [-0.05, 0) is 32.0 Å². The fraction of sp³-hybridized carbons (Fsp3) is 0.444. The van der Waals surface area contributed by atoms with Crippen molar-refractivity contribution in [2.75, 3.05) is 31.2 Å². The van der Waals surface area contributed by atoms with Gasteiger partial charge in [0.25, 0.3) is 5.69 Å². The van der Waals surface area contributed by atoms with Gasteiger partial charge in [0.2, 0.25) is 0 Å². The molecule has 1 atom stereocenters. The quantitative estimate of drug-likeness (QED) is 0.664. The number of hydrogen-bond donors (Lipinski definition) is 1. The summed E-state index contributed by atoms with van der Waals surface area (Å²) in [7, 11) is 0. The van der Waals surface area contributed by atoms with Gasteiger partial charge in [0.15, 0.2) is 5.82 Å². The van der Waals surface area contributed by atoms with E-state index in [1.807, 2.05) is 0 Å². The average molecular weight is 355 g/mol. The van der Waals surface area contributed by atoms with Crippen LogP contribution in [0.4, 0.5) is 11.5 Å². The van der Waals surface area contributed by atoms with E-state index in [1.165, 1.54) is 17.7 Å². The summed E-state index contributed by atoms with van der Waals surface area (Å²) in [6.07, 6.45) is 0.898. The lowest BCUT2D eigenvalue weighted by molar-refractivity contribution is -0.384. The van der Waals surface area contributed by atoms with Gasteiger partial charge >= 0.3 is 0 Å². The van der Waals surface area contributed by atoms with Crippen molar-refractivity contribution in [3.63, 3.8) is 0 Å². The number of non-ortho nitro benzene ring substituents is 1. The van der Waals surface area contributed by atoms with Crippen LogP contribution in [0.15, 0.2) is 24.3 Å². The lowest BCUT2D eigenvalue weighted by Gasteiger charge is -2.36. The van der Waals surface area contributed by atoms with Gasteiger partial charge < -0.3 is 15.0 Å². The summed E-state index contributed by atoms with van der Waals surface area (Å²) >= 11 is 0. The Kier molecular flexibility index (Phi) is 4.52. The Hall–Kier alpha value is -2.58. The number of nitro benzene ring substituents is 1. The number of nitrogens with zero attached hydrogens (tertiary/aromatic N) is 4. The molecule has 3 heterocycles. The molecule has 4 rings (SSSR count). The van der Waals surface area contributed by atoms with E-state index in [0.717, 1.165) is 36.6 Å². The summed E-state index contributed by atoms with van der Waals surface area (Å²) in [4.78, 5) is 22.4. The SMILES string of the molecule is CC1COCCN1c1nc(-c2ccc([N+](=O)[O-])cc2)nc2c1CCNC2. The number of nitro groups is 1. The van der Waals surface area contributed by atoms with Crippen LogP contribution in [0.5, 0.6) is 0 Å². The molecule has 0 aliphatic carbocycles. The molecule has 8 heteroatoms. The average Bonchev–Trinajstić information content (AvgIpc) is 2.68. The first-order valence-corrected chi connectivity index (χ1v) is 8.83. The highest BCUT2D eigenvalue weighted by molar-refractivity contribution is 5.62. The van der Waals surface area contributed by atoms with Crippen LogP contribution in [-0.4, -0.2) is 47.2 Å². The molecule has 1 N–H and O–H groups in total. The van der Waals surface area contributed by atoms with Gasteiger partial charge in [0, 0.05) is 36.3 Å². The van der Waals surface area contributed by atoms with E-state index in [-0.39, 0.29) is 11.7 Å². The Morgan fingerprint density at radius 1 is 1.31 bits per heavy atom. The molecule has 0 bridgehead atoms. The number of nitrogens with one attached hydrogen (secondary N) is 1. The standard InChI is InChI=1S/C18H21N5O3/c1-12-11-26-9-8-22(12)18-15-6-7-19-10-16(15)20-17(21-18)13-2-4-14(5-3-13)23(24)25/h2-5,12,19H,6-11H2,1H3. The maximum absolute atomic E-state index is 10.9. The third kappa shape index (κ3) is 3.13. The summed E-state index contributed by atoms with van der Waals surface area (Å²) in [6, 6.07) is 6.66. The van der Waals surface area contributed by atoms with Gasteiger partial charge in [0.05, 0.1) is 29.9 Å². The van der Waals surface area contributed by atoms with E-state index in [4.69, 9.17) is 14.7 Å². The molecule has 26 heavy (non-hydrogen) atoms. The highest BCUT2D eigenvalue weighted by atomic mass is 16.6. The molecule has 1 unspecified atom stereocenters. The van der Waals surface area contributed by atoms with Crippen molar-refractivity contribution in [2.45, 2.75) is 25.9 Å². The predicted octanol–water partition coefficient (Wildman–Crippen LogP) is 1.92. The lowest BCUT2D eigenvalue weighted by Crippen LogP contribution is -2.45. The number of anilines is 1. The van der Waals surface area contributed by atoms with Crippen molar-refractivity contribution in [1.82, 2.24) is 15.3 Å². The molecule has 136 valence electrons. The zero-order chi connectivity index (χ0) is 18.1. The maximum Gasteiger partial charge on any atom is 0.269 e. The highest BCUT2D eigenvalue weighted by Crippen LogP contribution is 2.30. The molecule has 0 amide bonds. The molecule has 1 fully saturated rings. The van der Waals surface area contributed by atoms with Gasteiger partial charge in [0.1, 0.15) is 5.82 Å². The fourth-order valence-corrected chi connectivity index (χ4v) is 3.48. The molecule has 0 spiro atoms. The third-order valence-corrected chi connectivity index (χ3v) is 4.89. The van der Waals surface area contributed by atoms with E-state index in [0.29, 0.717) is 25.6 Å². The molecular weight excluding hydrogens is 334 g/mol. The van der Waals surface area contributed by atoms with Crippen molar-refractivity contribution < 1.29 is 9.66 Å². The third-order valence-electron chi connectivity index (χ3n) is 4.89. The summed E-state index contributed by atoms with van der Waals surface area (Å²) in [5, 5.41) is 14.2. The van der Waals surface area contributed by atoms with Crippen LogP contribution < -0.4 is 10.2 Å². The van der Waals surface area contributed by atoms with Crippen LogP contribution in [0, 0.1) is 10.1 Å². The van der Waals surface area contributed by atoms with Crippen LogP contribution >= 0.6 is 0 Å². The minimum Gasteiger partial charge on any atom is -0.377 e. The number of rotatable bonds is 3. The first-order chi connectivity index (χ1) is 12.6. The second-order valence-electron chi connectivity index (χ2n) is 6.64. The van der Waals surface area contributed by atoms with Gasteiger partial charge in [-0.25, -0.2) is 9.97 Å². The largest absolute Gasteiger partial charge is 0.377 e. The van der Waals surface area contributed by atoms with E-state index in [2.05, 4.69) is 17.1 Å². The fourth-order valence-electron chi connectivity index (χ4n) is 3.48. The Bertz CT molecular complexity index is 824. The maximum atomic E-state index is 10.9. The lowest BCUT2D eigenvalue weighted by atomic mass is 10.0. The van der Waals surface area contributed by atoms with Gasteiger partial charge in [-0.2, -0.15) is 0 Å². The number of benzene rings is 1. The van der Waals surface area contributed by atoms with Crippen molar-refractivity contribution >= 4 is 11.5 Å². The van der Waals surface area contributed by atoms with Crippen LogP contribution in [0.3, 0.4) is 0 Å². The molecule has 1 aromatic carbocycles. The highest BCUT2D eigenvalue weighted by Gasteiger charge is 2.27. The van der Waals surface area contributed by atoms with E-state index < -0.39 is 4.92 Å². The molecular formula is C18H21N5O3. The first kappa shape index (κ1) is 16.9. The zero-order valence-corrected chi connectivity index (χ0v) is 14.6.